The van der Waals surface area contributed by atoms with Gasteiger partial charge in [0, 0.05) is 23.5 Å². The maximum atomic E-state index is 13.9. The van der Waals surface area contributed by atoms with Crippen LogP contribution in [0, 0.1) is 23.7 Å². The van der Waals surface area contributed by atoms with Gasteiger partial charge in [-0.2, -0.15) is 4.89 Å². The fourth-order valence-corrected chi connectivity index (χ4v) is 6.62. The highest BCUT2D eigenvalue weighted by Gasteiger charge is 2.68. The van der Waals surface area contributed by atoms with Crippen molar-refractivity contribution in [1.29, 1.82) is 0 Å². The third kappa shape index (κ3) is 5.20. The maximum Gasteiger partial charge on any atom is 0.346 e. The van der Waals surface area contributed by atoms with Crippen molar-refractivity contribution in [2.45, 2.75) is 76.2 Å². The highest BCUT2D eigenvalue weighted by atomic mass is 17.2. The fourth-order valence-electron chi connectivity index (χ4n) is 6.62. The summed E-state index contributed by atoms with van der Waals surface area (Å²) in [5, 5.41) is 14.5. The number of rotatable bonds is 3. The number of hydrogen-bond acceptors (Lipinski definition) is 7. The largest absolute Gasteiger partial charge is 0.482 e. The Bertz CT molecular complexity index is 1190. The Morgan fingerprint density at radius 1 is 1.21 bits per heavy atom. The number of carbonyl (C=O) groups excluding carboxylic acids is 3. The zero-order chi connectivity index (χ0) is 27.7. The Labute approximate surface area is 229 Å². The Kier molecular flexibility index (Phi) is 7.78. The van der Waals surface area contributed by atoms with Crippen LogP contribution < -0.4 is 5.32 Å². The van der Waals surface area contributed by atoms with Crippen molar-refractivity contribution in [2.75, 3.05) is 0 Å². The summed E-state index contributed by atoms with van der Waals surface area (Å²) in [6.07, 6.45) is 6.42. The average Bonchev–Trinajstić information content (AvgIpc) is 3.61. The molecule has 1 aromatic carbocycles. The molecule has 2 saturated heterocycles. The Morgan fingerprint density at radius 3 is 2.72 bits per heavy atom. The first-order valence-electron chi connectivity index (χ1n) is 13.9. The monoisotopic (exact) mass is 535 g/mol. The first-order chi connectivity index (χ1) is 18.8. The molecule has 39 heavy (non-hydrogen) atoms. The van der Waals surface area contributed by atoms with E-state index in [4.69, 9.17) is 14.5 Å². The molecule has 3 aliphatic heterocycles. The number of allylic oxidation sites excluding steroid dienone is 2. The lowest BCUT2D eigenvalue weighted by Gasteiger charge is -2.48. The van der Waals surface area contributed by atoms with Crippen LogP contribution in [-0.4, -0.2) is 47.1 Å². The van der Waals surface area contributed by atoms with Crippen LogP contribution in [0.1, 0.15) is 51.5 Å². The lowest BCUT2D eigenvalue weighted by Crippen LogP contribution is -2.61. The minimum absolute atomic E-state index is 0.135. The summed E-state index contributed by atoms with van der Waals surface area (Å²) in [6, 6.07) is 9.52. The molecule has 0 unspecified atom stereocenters. The van der Waals surface area contributed by atoms with E-state index in [0.29, 0.717) is 42.1 Å². The van der Waals surface area contributed by atoms with Gasteiger partial charge in [0.15, 0.2) is 6.10 Å². The Balaban J connectivity index is 1.50. The van der Waals surface area contributed by atoms with Crippen molar-refractivity contribution in [3.8, 4) is 0 Å². The zero-order valence-electron chi connectivity index (χ0n) is 22.5. The second kappa shape index (κ2) is 11.1. The van der Waals surface area contributed by atoms with E-state index in [9.17, 15) is 19.5 Å². The molecule has 2 N–H and O–H groups in total. The SMILES string of the molecule is C=C1[C@@H](C)[C@H]2[C@H](Cc3ccccc3)NC(=O)[C@]23OOC(=O)C[C@@H]2O/C2=C(\C=O)CCC[C@@H](C)C/C=C/[C@@H]3[C@@H]1O. The van der Waals surface area contributed by atoms with E-state index >= 15 is 0 Å². The number of amides is 1. The normalized spacial score (nSPS) is 39.8. The van der Waals surface area contributed by atoms with Gasteiger partial charge in [0.1, 0.15) is 12.0 Å². The van der Waals surface area contributed by atoms with Crippen LogP contribution in [0.4, 0.5) is 0 Å². The third-order valence-electron chi connectivity index (χ3n) is 8.85. The molecule has 0 aromatic heterocycles. The van der Waals surface area contributed by atoms with Crippen molar-refractivity contribution in [2.24, 2.45) is 23.7 Å². The van der Waals surface area contributed by atoms with Crippen molar-refractivity contribution in [3.63, 3.8) is 0 Å². The highest BCUT2D eigenvalue weighted by Crippen LogP contribution is 2.52. The van der Waals surface area contributed by atoms with Gasteiger partial charge < -0.3 is 15.2 Å². The summed E-state index contributed by atoms with van der Waals surface area (Å²) >= 11 is 0. The van der Waals surface area contributed by atoms with E-state index in [2.05, 4.69) is 18.8 Å². The third-order valence-corrected chi connectivity index (χ3v) is 8.85. The van der Waals surface area contributed by atoms with E-state index < -0.39 is 41.5 Å². The second-order valence-corrected chi connectivity index (χ2v) is 11.4. The van der Waals surface area contributed by atoms with E-state index in [-0.39, 0.29) is 18.4 Å². The van der Waals surface area contributed by atoms with Crippen molar-refractivity contribution >= 4 is 18.2 Å². The molecule has 1 saturated carbocycles. The van der Waals surface area contributed by atoms with Crippen LogP contribution in [0.3, 0.4) is 0 Å². The van der Waals surface area contributed by atoms with Gasteiger partial charge in [0.05, 0.1) is 12.5 Å². The number of fused-ring (bicyclic) bond motifs is 1. The predicted octanol–water partition coefficient (Wildman–Crippen LogP) is 3.75. The van der Waals surface area contributed by atoms with Gasteiger partial charge in [0.2, 0.25) is 5.60 Å². The number of epoxide rings is 1. The molecular weight excluding hydrogens is 498 g/mol. The van der Waals surface area contributed by atoms with Crippen molar-refractivity contribution < 1.29 is 34.0 Å². The summed E-state index contributed by atoms with van der Waals surface area (Å²) in [6.45, 7) is 8.25. The van der Waals surface area contributed by atoms with E-state index in [1.807, 2.05) is 49.4 Å². The summed E-state index contributed by atoms with van der Waals surface area (Å²) in [4.78, 5) is 49.6. The number of benzene rings is 1. The predicted molar refractivity (Wildman–Crippen MR) is 143 cm³/mol. The summed E-state index contributed by atoms with van der Waals surface area (Å²) < 4.78 is 5.54. The molecule has 3 fully saturated rings. The second-order valence-electron chi connectivity index (χ2n) is 11.4. The summed E-state index contributed by atoms with van der Waals surface area (Å²) in [7, 11) is 0. The van der Waals surface area contributed by atoms with Gasteiger partial charge in [0.25, 0.3) is 5.91 Å². The van der Waals surface area contributed by atoms with Crippen LogP contribution >= 0.6 is 0 Å². The zero-order valence-corrected chi connectivity index (χ0v) is 22.5. The molecule has 4 aliphatic rings. The molecule has 5 rings (SSSR count). The molecule has 1 aromatic rings. The molecular formula is C31H37NO7. The molecule has 0 radical (unpaired) electrons. The Hall–Kier alpha value is -3.23. The molecule has 8 heteroatoms. The van der Waals surface area contributed by atoms with Crippen molar-refractivity contribution in [1.82, 2.24) is 5.32 Å². The van der Waals surface area contributed by atoms with E-state index in [1.165, 1.54) is 0 Å². The van der Waals surface area contributed by atoms with Crippen LogP contribution in [0.5, 0.6) is 0 Å². The minimum Gasteiger partial charge on any atom is -0.482 e. The van der Waals surface area contributed by atoms with Gasteiger partial charge in [-0.1, -0.05) is 69.3 Å². The lowest BCUT2D eigenvalue weighted by molar-refractivity contribution is -0.348. The van der Waals surface area contributed by atoms with Gasteiger partial charge in [-0.3, -0.25) is 14.5 Å². The standard InChI is InChI=1S/C31H37NO7/c1-18-9-7-13-22(17-33)29-25(37-29)16-26(34)38-39-31-23(14-8-10-18)28(35)20(3)19(2)27(31)24(32-30(31)36)15-21-11-5-4-6-12-21/h4-6,8,11-12,14,17-19,23-25,27-28,35H,3,7,9-10,13,15-16H2,1-2H3,(H,32,36)/b14-8+,29-22-/t18-,19-,23-,24+,25+,27+,28-,31-/m1/s1. The van der Waals surface area contributed by atoms with Gasteiger partial charge in [-0.05, 0) is 48.7 Å². The number of ether oxygens (including phenoxy) is 1. The van der Waals surface area contributed by atoms with Gasteiger partial charge in [-0.15, -0.1) is 0 Å². The highest BCUT2D eigenvalue weighted by molar-refractivity contribution is 5.90. The first-order valence-corrected chi connectivity index (χ1v) is 13.9. The molecule has 1 aliphatic carbocycles. The fraction of sp³-hybridized carbons (Fsp3) is 0.516. The van der Waals surface area contributed by atoms with E-state index in [1.54, 1.807) is 0 Å². The van der Waals surface area contributed by atoms with Crippen LogP contribution in [0.2, 0.25) is 0 Å². The van der Waals surface area contributed by atoms with Crippen molar-refractivity contribution in [3.05, 3.63) is 71.5 Å². The van der Waals surface area contributed by atoms with E-state index in [0.717, 1.165) is 24.7 Å². The van der Waals surface area contributed by atoms with Gasteiger partial charge in [-0.25, -0.2) is 4.79 Å². The molecule has 8 nitrogen and oxygen atoms in total. The quantitative estimate of drug-likeness (QED) is 0.262. The number of aldehydes is 1. The summed E-state index contributed by atoms with van der Waals surface area (Å²) in [5.74, 6) is -1.83. The van der Waals surface area contributed by atoms with Crippen LogP contribution in [0.25, 0.3) is 0 Å². The van der Waals surface area contributed by atoms with Gasteiger partial charge >= 0.3 is 5.97 Å². The molecule has 3 heterocycles. The Morgan fingerprint density at radius 2 is 1.97 bits per heavy atom. The topological polar surface area (TPSA) is 114 Å². The smallest absolute Gasteiger partial charge is 0.346 e. The summed E-state index contributed by atoms with van der Waals surface area (Å²) in [5.41, 5.74) is 0.609. The number of carbonyl (C=O) groups is 3. The molecule has 0 bridgehead atoms. The molecule has 208 valence electrons. The minimum atomic E-state index is -1.64. The average molecular weight is 536 g/mol. The molecule has 1 spiro atoms. The molecule has 8 atom stereocenters. The number of aliphatic hydroxyl groups is 1. The molecule has 1 amide bonds. The number of hydrogen-bond donors (Lipinski definition) is 2. The number of aliphatic hydroxyl groups excluding tert-OH is 1. The maximum absolute atomic E-state index is 13.9. The number of nitrogens with one attached hydrogen (secondary N) is 1. The van der Waals surface area contributed by atoms with Crippen LogP contribution in [-0.2, 0) is 35.3 Å². The first kappa shape index (κ1) is 27.3. The van der Waals surface area contributed by atoms with Crippen LogP contribution in [0.15, 0.2) is 66.0 Å². The lowest BCUT2D eigenvalue weighted by atomic mass is 9.59.